The third kappa shape index (κ3) is 2.90. The number of alkyl halides is 3. The van der Waals surface area contributed by atoms with Crippen molar-refractivity contribution >= 4 is 28.3 Å². The van der Waals surface area contributed by atoms with Gasteiger partial charge in [-0.15, -0.1) is 0 Å². The number of rotatable bonds is 1. The molecule has 1 aromatic carbocycles. The van der Waals surface area contributed by atoms with Crippen LogP contribution in [0.1, 0.15) is 12.8 Å². The largest absolute Gasteiger partial charge is 0.393 e. The molecular weight excluding hydrogens is 303 g/mol. The predicted octanol–water partition coefficient (Wildman–Crippen LogP) is 4.06. The van der Waals surface area contributed by atoms with Crippen LogP contribution in [-0.2, 0) is 0 Å². The summed E-state index contributed by atoms with van der Waals surface area (Å²) >= 11 is 5.92. The summed E-state index contributed by atoms with van der Waals surface area (Å²) in [7, 11) is 0. The molecule has 0 spiro atoms. The van der Waals surface area contributed by atoms with E-state index in [1.54, 1.807) is 23.1 Å². The highest BCUT2D eigenvalue weighted by molar-refractivity contribution is 6.31. The van der Waals surface area contributed by atoms with Crippen LogP contribution in [0.15, 0.2) is 24.5 Å². The maximum absolute atomic E-state index is 12.9. The summed E-state index contributed by atoms with van der Waals surface area (Å²) in [5, 5.41) is 1.27. The number of hydrogen-bond donors (Lipinski definition) is 0. The van der Waals surface area contributed by atoms with E-state index in [0.29, 0.717) is 29.3 Å². The molecular formula is C14H13ClF3N3. The normalized spacial score (nSPS) is 20.0. The molecule has 0 radical (unpaired) electrons. The molecule has 1 fully saturated rings. The second-order valence-electron chi connectivity index (χ2n) is 5.19. The minimum atomic E-state index is -4.16. The molecule has 2 heterocycles. The molecule has 112 valence electrons. The van der Waals surface area contributed by atoms with Crippen LogP contribution in [0.3, 0.4) is 0 Å². The van der Waals surface area contributed by atoms with Gasteiger partial charge in [-0.1, -0.05) is 11.6 Å². The summed E-state index contributed by atoms with van der Waals surface area (Å²) in [4.78, 5) is 10.00. The number of anilines is 1. The lowest BCUT2D eigenvalue weighted by Gasteiger charge is -2.34. The van der Waals surface area contributed by atoms with E-state index in [4.69, 9.17) is 11.6 Å². The zero-order valence-corrected chi connectivity index (χ0v) is 11.8. The van der Waals surface area contributed by atoms with E-state index in [9.17, 15) is 13.2 Å². The van der Waals surface area contributed by atoms with Crippen molar-refractivity contribution in [1.82, 2.24) is 9.97 Å². The molecule has 1 aliphatic rings. The zero-order chi connectivity index (χ0) is 15.0. The molecule has 0 N–H and O–H groups in total. The van der Waals surface area contributed by atoms with E-state index in [1.165, 1.54) is 6.33 Å². The van der Waals surface area contributed by atoms with Gasteiger partial charge in [0, 0.05) is 23.5 Å². The first-order valence-electron chi connectivity index (χ1n) is 6.67. The molecule has 0 unspecified atom stereocenters. The predicted molar refractivity (Wildman–Crippen MR) is 75.5 cm³/mol. The average Bonchev–Trinajstić information content (AvgIpc) is 2.45. The molecule has 0 bridgehead atoms. The van der Waals surface area contributed by atoms with Gasteiger partial charge in [0.1, 0.15) is 12.1 Å². The highest BCUT2D eigenvalue weighted by atomic mass is 35.5. The minimum absolute atomic E-state index is 0.0573. The van der Waals surface area contributed by atoms with Crippen molar-refractivity contribution in [1.29, 1.82) is 0 Å². The highest BCUT2D eigenvalue weighted by Gasteiger charge is 2.42. The summed E-state index contributed by atoms with van der Waals surface area (Å²) in [5.41, 5.74) is 0.640. The Bertz CT molecular complexity index is 659. The maximum atomic E-state index is 12.9. The summed E-state index contributed by atoms with van der Waals surface area (Å²) in [6.07, 6.45) is -2.12. The van der Waals surface area contributed by atoms with Gasteiger partial charge in [0.05, 0.1) is 11.4 Å². The third-order valence-corrected chi connectivity index (χ3v) is 4.00. The fourth-order valence-corrected chi connectivity index (χ4v) is 2.87. The van der Waals surface area contributed by atoms with Crippen molar-refractivity contribution in [3.63, 3.8) is 0 Å². The first-order chi connectivity index (χ1) is 9.95. The highest BCUT2D eigenvalue weighted by Crippen LogP contribution is 2.35. The Morgan fingerprint density at radius 3 is 2.81 bits per heavy atom. The lowest BCUT2D eigenvalue weighted by Crippen LogP contribution is -2.42. The quantitative estimate of drug-likeness (QED) is 0.794. The molecule has 0 saturated carbocycles. The number of fused-ring (bicyclic) bond motifs is 1. The van der Waals surface area contributed by atoms with Crippen molar-refractivity contribution in [2.75, 3.05) is 18.0 Å². The van der Waals surface area contributed by atoms with E-state index >= 15 is 0 Å². The minimum Gasteiger partial charge on any atom is -0.355 e. The van der Waals surface area contributed by atoms with Gasteiger partial charge in [-0.2, -0.15) is 13.2 Å². The zero-order valence-electron chi connectivity index (χ0n) is 11.1. The van der Waals surface area contributed by atoms with Gasteiger partial charge in [0.2, 0.25) is 0 Å². The average molecular weight is 316 g/mol. The van der Waals surface area contributed by atoms with Crippen LogP contribution >= 0.6 is 11.6 Å². The second-order valence-corrected chi connectivity index (χ2v) is 5.62. The lowest BCUT2D eigenvalue weighted by atomic mass is 9.97. The standard InChI is InChI=1S/C14H13ClF3N3/c15-10-3-4-11-12(6-10)19-8-20-13(11)21-5-1-2-9(7-21)14(16,17)18/h3-4,6,8-9H,1-2,5,7H2/t9-/m0/s1. The molecule has 1 aromatic heterocycles. The van der Waals surface area contributed by atoms with Gasteiger partial charge < -0.3 is 4.90 Å². The van der Waals surface area contributed by atoms with Crippen molar-refractivity contribution in [2.24, 2.45) is 5.92 Å². The molecule has 2 aromatic rings. The molecule has 1 aliphatic heterocycles. The van der Waals surface area contributed by atoms with Crippen molar-refractivity contribution in [3.05, 3.63) is 29.5 Å². The first kappa shape index (κ1) is 14.4. The Kier molecular flexibility index (Phi) is 3.65. The smallest absolute Gasteiger partial charge is 0.355 e. The molecule has 21 heavy (non-hydrogen) atoms. The van der Waals surface area contributed by atoms with Gasteiger partial charge in [-0.25, -0.2) is 9.97 Å². The van der Waals surface area contributed by atoms with Crippen LogP contribution in [0.4, 0.5) is 19.0 Å². The topological polar surface area (TPSA) is 29.0 Å². The Morgan fingerprint density at radius 1 is 1.24 bits per heavy atom. The van der Waals surface area contributed by atoms with Crippen LogP contribution in [0.25, 0.3) is 10.9 Å². The van der Waals surface area contributed by atoms with Gasteiger partial charge in [0.15, 0.2) is 0 Å². The van der Waals surface area contributed by atoms with E-state index in [0.717, 1.165) is 5.39 Å². The second kappa shape index (κ2) is 5.33. The van der Waals surface area contributed by atoms with Gasteiger partial charge >= 0.3 is 6.18 Å². The van der Waals surface area contributed by atoms with Crippen molar-refractivity contribution < 1.29 is 13.2 Å². The number of hydrogen-bond acceptors (Lipinski definition) is 3. The van der Waals surface area contributed by atoms with E-state index in [-0.39, 0.29) is 13.0 Å². The molecule has 3 nitrogen and oxygen atoms in total. The van der Waals surface area contributed by atoms with Gasteiger partial charge in [0.25, 0.3) is 0 Å². The summed E-state index contributed by atoms with van der Waals surface area (Å²) in [5.74, 6) is -0.755. The fraction of sp³-hybridized carbons (Fsp3) is 0.429. The monoisotopic (exact) mass is 315 g/mol. The van der Waals surface area contributed by atoms with Crippen LogP contribution in [0.2, 0.25) is 5.02 Å². The van der Waals surface area contributed by atoms with Crippen LogP contribution in [0.5, 0.6) is 0 Å². The summed E-state index contributed by atoms with van der Waals surface area (Å²) < 4.78 is 38.8. The molecule has 0 aliphatic carbocycles. The first-order valence-corrected chi connectivity index (χ1v) is 7.05. The van der Waals surface area contributed by atoms with E-state index in [2.05, 4.69) is 9.97 Å². The van der Waals surface area contributed by atoms with Crippen LogP contribution in [-0.4, -0.2) is 29.2 Å². The maximum Gasteiger partial charge on any atom is 0.393 e. The number of halogens is 4. The molecule has 1 saturated heterocycles. The number of aromatic nitrogens is 2. The SMILES string of the molecule is FC(F)(F)[C@H]1CCCN(c2ncnc3cc(Cl)ccc23)C1. The fourth-order valence-electron chi connectivity index (χ4n) is 2.70. The van der Waals surface area contributed by atoms with E-state index < -0.39 is 12.1 Å². The van der Waals surface area contributed by atoms with Crippen molar-refractivity contribution in [2.45, 2.75) is 19.0 Å². The summed E-state index contributed by atoms with van der Waals surface area (Å²) in [6.45, 7) is 0.513. The molecule has 0 amide bonds. The molecule has 7 heteroatoms. The number of nitrogens with zero attached hydrogens (tertiary/aromatic N) is 3. The van der Waals surface area contributed by atoms with Crippen LogP contribution in [0, 0.1) is 5.92 Å². The lowest BCUT2D eigenvalue weighted by molar-refractivity contribution is -0.176. The van der Waals surface area contributed by atoms with Gasteiger partial charge in [-0.05, 0) is 31.0 Å². The molecule has 3 rings (SSSR count). The number of benzene rings is 1. The third-order valence-electron chi connectivity index (χ3n) is 3.76. The van der Waals surface area contributed by atoms with E-state index in [1.807, 2.05) is 0 Å². The molecule has 1 atom stereocenters. The Morgan fingerprint density at radius 2 is 2.05 bits per heavy atom. The Labute approximate surface area is 124 Å². The summed E-state index contributed by atoms with van der Waals surface area (Å²) in [6, 6.07) is 5.14. The van der Waals surface area contributed by atoms with Crippen molar-refractivity contribution in [3.8, 4) is 0 Å². The number of piperidine rings is 1. The Hall–Kier alpha value is -1.56. The Balaban J connectivity index is 1.96. The van der Waals surface area contributed by atoms with Crippen LogP contribution < -0.4 is 4.90 Å². The van der Waals surface area contributed by atoms with Gasteiger partial charge in [-0.3, -0.25) is 0 Å².